The van der Waals surface area contributed by atoms with Crippen molar-refractivity contribution in [3.05, 3.63) is 84.4 Å². The Kier molecular flexibility index (Phi) is 7.99. The first kappa shape index (κ1) is 25.4. The summed E-state index contributed by atoms with van der Waals surface area (Å²) in [5.41, 5.74) is 0.652. The molecule has 9 nitrogen and oxygen atoms in total. The molecule has 1 amide bonds. The summed E-state index contributed by atoms with van der Waals surface area (Å²) in [5, 5.41) is 2.63. The summed E-state index contributed by atoms with van der Waals surface area (Å²) in [6.45, 7) is 2.77. The van der Waals surface area contributed by atoms with Gasteiger partial charge in [-0.3, -0.25) is 4.79 Å². The minimum absolute atomic E-state index is 0.126. The van der Waals surface area contributed by atoms with Gasteiger partial charge in [-0.25, -0.2) is 13.2 Å². The molecule has 0 unspecified atom stereocenters. The number of benzene rings is 3. The van der Waals surface area contributed by atoms with Gasteiger partial charge in [-0.2, -0.15) is 4.31 Å². The first-order valence-electron chi connectivity index (χ1n) is 11.4. The van der Waals surface area contributed by atoms with Crippen LogP contribution in [0.5, 0.6) is 11.5 Å². The molecule has 10 heteroatoms. The van der Waals surface area contributed by atoms with Gasteiger partial charge in [0.2, 0.25) is 10.0 Å². The number of sulfonamides is 1. The van der Waals surface area contributed by atoms with Crippen molar-refractivity contribution in [2.24, 2.45) is 0 Å². The molecule has 0 aromatic heterocycles. The number of morpholine rings is 1. The summed E-state index contributed by atoms with van der Waals surface area (Å²) in [6.07, 6.45) is -1.07. The van der Waals surface area contributed by atoms with Crippen LogP contribution in [0.15, 0.2) is 83.8 Å². The van der Waals surface area contributed by atoms with Crippen LogP contribution in [0.1, 0.15) is 17.3 Å². The largest absolute Gasteiger partial charge is 0.457 e. The number of amides is 1. The Morgan fingerprint density at radius 3 is 2.14 bits per heavy atom. The molecular weight excluding hydrogens is 484 g/mol. The molecule has 1 fully saturated rings. The highest BCUT2D eigenvalue weighted by atomic mass is 32.2. The van der Waals surface area contributed by atoms with E-state index in [2.05, 4.69) is 5.32 Å². The van der Waals surface area contributed by atoms with Crippen LogP contribution in [0.3, 0.4) is 0 Å². The Morgan fingerprint density at radius 2 is 1.50 bits per heavy atom. The fourth-order valence-corrected chi connectivity index (χ4v) is 4.86. The summed E-state index contributed by atoms with van der Waals surface area (Å²) >= 11 is 0. The summed E-state index contributed by atoms with van der Waals surface area (Å²) in [4.78, 5) is 25.1. The minimum Gasteiger partial charge on any atom is -0.457 e. The lowest BCUT2D eigenvalue weighted by Crippen LogP contribution is -2.40. The lowest BCUT2D eigenvalue weighted by Gasteiger charge is -2.26. The Hall–Kier alpha value is -3.73. The van der Waals surface area contributed by atoms with E-state index in [0.29, 0.717) is 43.5 Å². The predicted molar refractivity (Wildman–Crippen MR) is 132 cm³/mol. The average Bonchev–Trinajstić information content (AvgIpc) is 2.90. The molecule has 1 aliphatic heterocycles. The van der Waals surface area contributed by atoms with Gasteiger partial charge in [0.25, 0.3) is 5.91 Å². The zero-order valence-electron chi connectivity index (χ0n) is 19.6. The van der Waals surface area contributed by atoms with Gasteiger partial charge in [0.15, 0.2) is 6.10 Å². The number of para-hydroxylation sites is 1. The van der Waals surface area contributed by atoms with Crippen molar-refractivity contribution >= 4 is 27.6 Å². The SMILES string of the molecule is C[C@@H](OC(=O)c1ccc(Oc2ccccc2)cc1)C(=O)Nc1ccc(S(=O)(=O)N2CCOCC2)cc1. The van der Waals surface area contributed by atoms with Crippen molar-refractivity contribution in [1.82, 2.24) is 4.31 Å². The smallest absolute Gasteiger partial charge is 0.338 e. The molecule has 1 aliphatic rings. The average molecular weight is 511 g/mol. The highest BCUT2D eigenvalue weighted by molar-refractivity contribution is 7.89. The molecule has 3 aromatic rings. The van der Waals surface area contributed by atoms with Gasteiger partial charge in [-0.1, -0.05) is 18.2 Å². The van der Waals surface area contributed by atoms with Gasteiger partial charge >= 0.3 is 5.97 Å². The van der Waals surface area contributed by atoms with E-state index >= 15 is 0 Å². The van der Waals surface area contributed by atoms with Gasteiger partial charge < -0.3 is 19.5 Å². The maximum Gasteiger partial charge on any atom is 0.338 e. The van der Waals surface area contributed by atoms with Crippen molar-refractivity contribution in [2.75, 3.05) is 31.6 Å². The van der Waals surface area contributed by atoms with Gasteiger partial charge in [-0.05, 0) is 67.6 Å². The number of rotatable bonds is 8. The molecule has 1 saturated heterocycles. The molecule has 0 aliphatic carbocycles. The normalized spacial score (nSPS) is 15.0. The number of nitrogens with zero attached hydrogens (tertiary/aromatic N) is 1. The van der Waals surface area contributed by atoms with Crippen molar-refractivity contribution in [3.8, 4) is 11.5 Å². The number of ether oxygens (including phenoxy) is 3. The fraction of sp³-hybridized carbons (Fsp3) is 0.231. The molecule has 1 atom stereocenters. The Balaban J connectivity index is 1.31. The molecular formula is C26H26N2O7S. The van der Waals surface area contributed by atoms with Crippen molar-refractivity contribution < 1.29 is 32.2 Å². The quantitative estimate of drug-likeness (QED) is 0.460. The second kappa shape index (κ2) is 11.3. The van der Waals surface area contributed by atoms with E-state index in [1.165, 1.54) is 35.5 Å². The van der Waals surface area contributed by atoms with Crippen LogP contribution in [0, 0.1) is 0 Å². The second-order valence-electron chi connectivity index (χ2n) is 8.02. The molecule has 0 spiro atoms. The Morgan fingerprint density at radius 1 is 0.889 bits per heavy atom. The predicted octanol–water partition coefficient (Wildman–Crippen LogP) is 3.68. The third-order valence-electron chi connectivity index (χ3n) is 5.45. The van der Waals surface area contributed by atoms with Crippen molar-refractivity contribution in [1.29, 1.82) is 0 Å². The van der Waals surface area contributed by atoms with Crippen LogP contribution in [0.25, 0.3) is 0 Å². The van der Waals surface area contributed by atoms with Crippen LogP contribution in [0.2, 0.25) is 0 Å². The van der Waals surface area contributed by atoms with Crippen LogP contribution >= 0.6 is 0 Å². The molecule has 4 rings (SSSR count). The third kappa shape index (κ3) is 6.28. The van der Waals surface area contributed by atoms with Crippen LogP contribution in [-0.2, 0) is 24.3 Å². The van der Waals surface area contributed by atoms with E-state index in [1.807, 2.05) is 30.3 Å². The number of hydrogen-bond donors (Lipinski definition) is 1. The zero-order chi connectivity index (χ0) is 25.5. The molecule has 0 radical (unpaired) electrons. The van der Waals surface area contributed by atoms with Crippen molar-refractivity contribution in [3.63, 3.8) is 0 Å². The molecule has 1 heterocycles. The van der Waals surface area contributed by atoms with E-state index in [1.54, 1.807) is 24.3 Å². The summed E-state index contributed by atoms with van der Waals surface area (Å²) in [6, 6.07) is 21.5. The zero-order valence-corrected chi connectivity index (χ0v) is 20.4. The topological polar surface area (TPSA) is 111 Å². The van der Waals surface area contributed by atoms with E-state index in [-0.39, 0.29) is 10.5 Å². The molecule has 36 heavy (non-hydrogen) atoms. The van der Waals surface area contributed by atoms with Crippen LogP contribution < -0.4 is 10.1 Å². The Labute approximate surface area is 209 Å². The summed E-state index contributed by atoms with van der Waals surface area (Å²) in [5.74, 6) is 0.0273. The monoisotopic (exact) mass is 510 g/mol. The van der Waals surface area contributed by atoms with E-state index < -0.39 is 28.0 Å². The lowest BCUT2D eigenvalue weighted by molar-refractivity contribution is -0.123. The maximum absolute atomic E-state index is 12.7. The van der Waals surface area contributed by atoms with Gasteiger partial charge in [-0.15, -0.1) is 0 Å². The van der Waals surface area contributed by atoms with E-state index in [4.69, 9.17) is 14.2 Å². The molecule has 188 valence electrons. The van der Waals surface area contributed by atoms with Gasteiger partial charge in [0.05, 0.1) is 23.7 Å². The highest BCUT2D eigenvalue weighted by Crippen LogP contribution is 2.22. The van der Waals surface area contributed by atoms with Crippen LogP contribution in [0.4, 0.5) is 5.69 Å². The number of esters is 1. The van der Waals surface area contributed by atoms with E-state index in [0.717, 1.165) is 0 Å². The molecule has 1 N–H and O–H groups in total. The molecule has 0 bridgehead atoms. The third-order valence-corrected chi connectivity index (χ3v) is 7.36. The minimum atomic E-state index is -3.63. The van der Waals surface area contributed by atoms with Gasteiger partial charge in [0.1, 0.15) is 11.5 Å². The number of hydrogen-bond acceptors (Lipinski definition) is 7. The molecule has 0 saturated carbocycles. The first-order chi connectivity index (χ1) is 17.3. The second-order valence-corrected chi connectivity index (χ2v) is 9.96. The standard InChI is InChI=1S/C26H26N2O7S/c1-19(34-26(30)20-7-11-23(12-8-20)35-22-5-3-2-4-6-22)25(29)27-21-9-13-24(14-10-21)36(31,32)28-15-17-33-18-16-28/h2-14,19H,15-18H2,1H3,(H,27,29)/t19-/m1/s1. The fourth-order valence-electron chi connectivity index (χ4n) is 3.46. The van der Waals surface area contributed by atoms with E-state index in [9.17, 15) is 18.0 Å². The molecule has 3 aromatic carbocycles. The van der Waals surface area contributed by atoms with Crippen molar-refractivity contribution in [2.45, 2.75) is 17.9 Å². The highest BCUT2D eigenvalue weighted by Gasteiger charge is 2.26. The maximum atomic E-state index is 12.7. The lowest BCUT2D eigenvalue weighted by atomic mass is 10.2. The number of carbonyl (C=O) groups is 2. The summed E-state index contributed by atoms with van der Waals surface area (Å²) < 4.78 is 43.0. The van der Waals surface area contributed by atoms with Crippen LogP contribution in [-0.4, -0.2) is 57.0 Å². The first-order valence-corrected chi connectivity index (χ1v) is 12.8. The number of nitrogens with one attached hydrogen (secondary N) is 1. The number of anilines is 1. The number of carbonyl (C=O) groups excluding carboxylic acids is 2. The Bertz CT molecular complexity index is 1290. The van der Waals surface area contributed by atoms with Gasteiger partial charge in [0, 0.05) is 18.8 Å². The summed E-state index contributed by atoms with van der Waals surface area (Å²) in [7, 11) is -3.63.